The lowest BCUT2D eigenvalue weighted by molar-refractivity contribution is -0.124. The highest BCUT2D eigenvalue weighted by atomic mass is 16.5. The molecule has 1 aliphatic rings. The van der Waals surface area contributed by atoms with E-state index in [1.807, 2.05) is 12.1 Å². The Labute approximate surface area is 197 Å². The smallest absolute Gasteiger partial charge is 0.251 e. The van der Waals surface area contributed by atoms with E-state index in [2.05, 4.69) is 20.7 Å². The molecule has 0 atom stereocenters. The van der Waals surface area contributed by atoms with Gasteiger partial charge < -0.3 is 19.7 Å². The lowest BCUT2D eigenvalue weighted by Crippen LogP contribution is -2.44. The van der Waals surface area contributed by atoms with Gasteiger partial charge in [-0.3, -0.25) is 9.59 Å². The number of carbonyl (C=O) groups is 2. The Morgan fingerprint density at radius 2 is 1.79 bits per heavy atom. The van der Waals surface area contributed by atoms with Crippen LogP contribution in [0.2, 0.25) is 0 Å². The zero-order valence-corrected chi connectivity index (χ0v) is 19.3. The molecule has 0 spiro atoms. The molecule has 1 N–H and O–H groups in total. The molecule has 1 saturated carbocycles. The summed E-state index contributed by atoms with van der Waals surface area (Å²) in [5.74, 6) is 1.16. The van der Waals surface area contributed by atoms with Gasteiger partial charge in [-0.05, 0) is 54.5 Å². The molecule has 1 fully saturated rings. The van der Waals surface area contributed by atoms with Crippen LogP contribution in [0.15, 0.2) is 48.5 Å². The molecule has 0 saturated heterocycles. The van der Waals surface area contributed by atoms with E-state index in [4.69, 9.17) is 9.47 Å². The van der Waals surface area contributed by atoms with Crippen molar-refractivity contribution in [1.29, 1.82) is 0 Å². The number of benzene rings is 2. The van der Waals surface area contributed by atoms with Gasteiger partial charge in [0.05, 0.1) is 14.2 Å². The fourth-order valence-electron chi connectivity index (χ4n) is 3.96. The van der Waals surface area contributed by atoms with E-state index in [1.165, 1.54) is 9.70 Å². The number of hydrogen-bond donors (Lipinski definition) is 1. The van der Waals surface area contributed by atoms with Crippen molar-refractivity contribution in [1.82, 2.24) is 25.5 Å². The summed E-state index contributed by atoms with van der Waals surface area (Å²) in [6.07, 6.45) is 4.15. The molecule has 10 nitrogen and oxygen atoms in total. The SMILES string of the molecule is COc1ccc(-c2nnn(CC(=O)N(CC(=O)NC3CCCC3)c3cccc(OC)c3)n2)cc1. The number of amides is 2. The van der Waals surface area contributed by atoms with Crippen LogP contribution in [0.1, 0.15) is 25.7 Å². The molecule has 0 radical (unpaired) electrons. The second-order valence-electron chi connectivity index (χ2n) is 8.10. The second-order valence-corrected chi connectivity index (χ2v) is 8.10. The number of tetrazole rings is 1. The maximum Gasteiger partial charge on any atom is 0.251 e. The van der Waals surface area contributed by atoms with Crippen LogP contribution in [-0.4, -0.2) is 58.8 Å². The van der Waals surface area contributed by atoms with Gasteiger partial charge in [0.1, 0.15) is 24.6 Å². The molecule has 1 heterocycles. The molecule has 2 aromatic carbocycles. The predicted octanol–water partition coefficient (Wildman–Crippen LogP) is 2.45. The summed E-state index contributed by atoms with van der Waals surface area (Å²) in [6.45, 7) is -0.278. The lowest BCUT2D eigenvalue weighted by Gasteiger charge is -2.23. The fraction of sp³-hybridized carbons (Fsp3) is 0.375. The number of anilines is 1. The molecule has 2 amide bonds. The summed E-state index contributed by atoms with van der Waals surface area (Å²) in [5.41, 5.74) is 1.31. The third kappa shape index (κ3) is 5.69. The fourth-order valence-corrected chi connectivity index (χ4v) is 3.96. The average molecular weight is 465 g/mol. The third-order valence-electron chi connectivity index (χ3n) is 5.77. The van der Waals surface area contributed by atoms with E-state index >= 15 is 0 Å². The summed E-state index contributed by atoms with van der Waals surface area (Å²) in [4.78, 5) is 28.7. The molecule has 0 unspecified atom stereocenters. The second kappa shape index (κ2) is 10.8. The summed E-state index contributed by atoms with van der Waals surface area (Å²) < 4.78 is 10.5. The van der Waals surface area contributed by atoms with E-state index in [1.54, 1.807) is 50.6 Å². The van der Waals surface area contributed by atoms with Gasteiger partial charge in [0.15, 0.2) is 0 Å². The van der Waals surface area contributed by atoms with Crippen molar-refractivity contribution >= 4 is 17.5 Å². The Bertz CT molecular complexity index is 1120. The molecule has 1 aromatic heterocycles. The summed E-state index contributed by atoms with van der Waals surface area (Å²) >= 11 is 0. The monoisotopic (exact) mass is 464 g/mol. The Morgan fingerprint density at radius 3 is 2.50 bits per heavy atom. The first-order chi connectivity index (χ1) is 16.6. The van der Waals surface area contributed by atoms with Crippen LogP contribution in [0, 0.1) is 0 Å². The van der Waals surface area contributed by atoms with Gasteiger partial charge >= 0.3 is 0 Å². The first kappa shape index (κ1) is 23.2. The van der Waals surface area contributed by atoms with E-state index in [-0.39, 0.29) is 30.9 Å². The number of rotatable bonds is 9. The highest BCUT2D eigenvalue weighted by Crippen LogP contribution is 2.23. The van der Waals surface area contributed by atoms with Gasteiger partial charge in [0, 0.05) is 23.4 Å². The van der Waals surface area contributed by atoms with Crippen LogP contribution >= 0.6 is 0 Å². The van der Waals surface area contributed by atoms with Gasteiger partial charge in [-0.2, -0.15) is 4.80 Å². The Hall–Kier alpha value is -3.95. The molecule has 10 heteroatoms. The van der Waals surface area contributed by atoms with E-state index in [9.17, 15) is 9.59 Å². The first-order valence-corrected chi connectivity index (χ1v) is 11.2. The van der Waals surface area contributed by atoms with Crippen LogP contribution in [-0.2, 0) is 16.1 Å². The zero-order chi connectivity index (χ0) is 23.9. The molecule has 4 rings (SSSR count). The highest BCUT2D eigenvalue weighted by Gasteiger charge is 2.24. The van der Waals surface area contributed by atoms with Crippen LogP contribution in [0.25, 0.3) is 11.4 Å². The molecule has 34 heavy (non-hydrogen) atoms. The molecule has 178 valence electrons. The van der Waals surface area contributed by atoms with Crippen molar-refractivity contribution in [3.05, 3.63) is 48.5 Å². The summed E-state index contributed by atoms with van der Waals surface area (Å²) in [5, 5.41) is 15.4. The normalized spacial score (nSPS) is 13.5. The topological polar surface area (TPSA) is 111 Å². The van der Waals surface area contributed by atoms with Crippen molar-refractivity contribution in [3.63, 3.8) is 0 Å². The molecular formula is C24H28N6O4. The largest absolute Gasteiger partial charge is 0.497 e. The van der Waals surface area contributed by atoms with E-state index in [0.717, 1.165) is 37.0 Å². The quantitative estimate of drug-likeness (QED) is 0.518. The standard InChI is InChI=1S/C24H28N6O4/c1-33-20-12-10-17(11-13-20)24-26-28-30(27-24)16-23(32)29(19-8-5-9-21(14-19)34-2)15-22(31)25-18-6-3-4-7-18/h5,8-14,18H,3-4,6-7,15-16H2,1-2H3,(H,25,31). The number of hydrogen-bond acceptors (Lipinski definition) is 7. The van der Waals surface area contributed by atoms with Crippen molar-refractivity contribution < 1.29 is 19.1 Å². The van der Waals surface area contributed by atoms with Gasteiger partial charge in [0.25, 0.3) is 5.91 Å². The van der Waals surface area contributed by atoms with Crippen molar-refractivity contribution in [2.45, 2.75) is 38.3 Å². The maximum absolute atomic E-state index is 13.3. The van der Waals surface area contributed by atoms with Crippen LogP contribution < -0.4 is 19.7 Å². The Kier molecular flexibility index (Phi) is 7.36. The minimum Gasteiger partial charge on any atom is -0.497 e. The van der Waals surface area contributed by atoms with Gasteiger partial charge in [-0.15, -0.1) is 10.2 Å². The Morgan fingerprint density at radius 1 is 1.06 bits per heavy atom. The summed E-state index contributed by atoms with van der Waals surface area (Å²) in [7, 11) is 3.15. The first-order valence-electron chi connectivity index (χ1n) is 11.2. The number of ether oxygens (including phenoxy) is 2. The number of nitrogens with one attached hydrogen (secondary N) is 1. The number of methoxy groups -OCH3 is 2. The van der Waals surface area contributed by atoms with Crippen LogP contribution in [0.3, 0.4) is 0 Å². The highest BCUT2D eigenvalue weighted by molar-refractivity contribution is 5.98. The van der Waals surface area contributed by atoms with Crippen molar-refractivity contribution in [2.24, 2.45) is 0 Å². The lowest BCUT2D eigenvalue weighted by atomic mass is 10.2. The van der Waals surface area contributed by atoms with Gasteiger partial charge in [0.2, 0.25) is 11.7 Å². The summed E-state index contributed by atoms with van der Waals surface area (Å²) in [6, 6.07) is 14.4. The Balaban J connectivity index is 1.50. The minimum atomic E-state index is -0.339. The van der Waals surface area contributed by atoms with Crippen molar-refractivity contribution in [2.75, 3.05) is 25.7 Å². The molecule has 1 aliphatic carbocycles. The van der Waals surface area contributed by atoms with Gasteiger partial charge in [-0.25, -0.2) is 0 Å². The molecule has 0 aliphatic heterocycles. The van der Waals surface area contributed by atoms with E-state index < -0.39 is 0 Å². The number of aromatic nitrogens is 4. The average Bonchev–Trinajstić information content (AvgIpc) is 3.55. The third-order valence-corrected chi connectivity index (χ3v) is 5.77. The zero-order valence-electron chi connectivity index (χ0n) is 19.3. The van der Waals surface area contributed by atoms with Gasteiger partial charge in [-0.1, -0.05) is 18.9 Å². The molecule has 3 aromatic rings. The maximum atomic E-state index is 13.3. The van der Waals surface area contributed by atoms with Crippen LogP contribution in [0.5, 0.6) is 11.5 Å². The van der Waals surface area contributed by atoms with E-state index in [0.29, 0.717) is 17.3 Å². The van der Waals surface area contributed by atoms with Crippen molar-refractivity contribution in [3.8, 4) is 22.9 Å². The van der Waals surface area contributed by atoms with Crippen LogP contribution in [0.4, 0.5) is 5.69 Å². The number of nitrogens with zero attached hydrogens (tertiary/aromatic N) is 5. The molecular weight excluding hydrogens is 436 g/mol. The minimum absolute atomic E-state index is 0.109. The molecule has 0 bridgehead atoms. The number of carbonyl (C=O) groups excluding carboxylic acids is 2. The predicted molar refractivity (Wildman–Crippen MR) is 126 cm³/mol.